The van der Waals surface area contributed by atoms with Gasteiger partial charge in [-0.15, -0.1) is 0 Å². The molecule has 0 saturated carbocycles. The highest BCUT2D eigenvalue weighted by molar-refractivity contribution is 7.22. The molecule has 2 aromatic carbocycles. The van der Waals surface area contributed by atoms with Gasteiger partial charge in [0.2, 0.25) is 0 Å². The third kappa shape index (κ3) is 4.50. The molecule has 34 heavy (non-hydrogen) atoms. The van der Waals surface area contributed by atoms with Crippen LogP contribution >= 0.6 is 22.9 Å². The van der Waals surface area contributed by atoms with Gasteiger partial charge in [-0.25, -0.2) is 4.98 Å². The minimum Gasteiger partial charge on any atom is -0.345 e. The number of nitrogens with zero attached hydrogens (tertiary/aromatic N) is 4. The third-order valence-electron chi connectivity index (χ3n) is 5.84. The summed E-state index contributed by atoms with van der Waals surface area (Å²) in [6.07, 6.45) is -0.871. The van der Waals surface area contributed by atoms with E-state index in [1.807, 2.05) is 18.2 Å². The van der Waals surface area contributed by atoms with E-state index in [-0.39, 0.29) is 12.5 Å². The van der Waals surface area contributed by atoms with Gasteiger partial charge in [0.1, 0.15) is 0 Å². The minimum absolute atomic E-state index is 0.192. The van der Waals surface area contributed by atoms with Gasteiger partial charge in [-0.1, -0.05) is 47.2 Å². The average molecular weight is 505 g/mol. The van der Waals surface area contributed by atoms with Crippen LogP contribution in [0.5, 0.6) is 0 Å². The van der Waals surface area contributed by atoms with Crippen LogP contribution in [0.15, 0.2) is 66.4 Å². The fourth-order valence-corrected chi connectivity index (χ4v) is 5.38. The van der Waals surface area contributed by atoms with Gasteiger partial charge in [-0.2, -0.15) is 13.2 Å². The summed E-state index contributed by atoms with van der Waals surface area (Å²) < 4.78 is 40.6. The molecule has 5 nitrogen and oxygen atoms in total. The molecule has 2 aliphatic heterocycles. The van der Waals surface area contributed by atoms with Crippen LogP contribution in [0.4, 0.5) is 24.0 Å². The molecule has 1 fully saturated rings. The van der Waals surface area contributed by atoms with E-state index in [0.717, 1.165) is 27.6 Å². The highest BCUT2D eigenvalue weighted by Gasteiger charge is 2.34. The molecule has 1 amide bonds. The maximum atomic E-state index is 13.4. The number of fused-ring (bicyclic) bond motifs is 1. The van der Waals surface area contributed by atoms with E-state index in [0.29, 0.717) is 42.5 Å². The number of thiazole rings is 1. The summed E-state index contributed by atoms with van der Waals surface area (Å²) >= 11 is 7.64. The monoisotopic (exact) mass is 504 g/mol. The minimum atomic E-state index is -4.45. The quantitative estimate of drug-likeness (QED) is 0.456. The molecule has 1 aromatic heterocycles. The summed E-state index contributed by atoms with van der Waals surface area (Å²) in [7, 11) is 0. The topological polar surface area (TPSA) is 39.7 Å². The predicted molar refractivity (Wildman–Crippen MR) is 130 cm³/mol. The van der Waals surface area contributed by atoms with Gasteiger partial charge < -0.3 is 14.7 Å². The second-order valence-electron chi connectivity index (χ2n) is 8.04. The molecule has 0 spiro atoms. The van der Waals surface area contributed by atoms with Crippen molar-refractivity contribution in [1.29, 1.82) is 0 Å². The fraction of sp³-hybridized carbons (Fsp3) is 0.250. The highest BCUT2D eigenvalue weighted by atomic mass is 35.5. The zero-order valence-corrected chi connectivity index (χ0v) is 19.5. The Morgan fingerprint density at radius 2 is 1.82 bits per heavy atom. The number of amides is 1. The van der Waals surface area contributed by atoms with Crippen LogP contribution in [0.25, 0.3) is 10.2 Å². The van der Waals surface area contributed by atoms with Crippen molar-refractivity contribution in [3.63, 3.8) is 0 Å². The molecule has 0 unspecified atom stereocenters. The van der Waals surface area contributed by atoms with Crippen LogP contribution in [0, 0.1) is 0 Å². The number of carbonyl (C=O) groups is 1. The standard InChI is InChI=1S/C24H20ClF3N4OS/c25-17-7-8-19-21(14-17)34-23(29-19)31-12-10-30(11-13-31)22(33)18-5-1-2-6-20(18)32-9-3-4-16(15-32)24(26,27)28/h1-8,14-15H,9-13H2. The number of carbonyl (C=O) groups excluding carboxylic acids is 1. The Hall–Kier alpha value is -3.04. The lowest BCUT2D eigenvalue weighted by Crippen LogP contribution is -2.49. The maximum absolute atomic E-state index is 13.4. The normalized spacial score (nSPS) is 16.8. The Bertz CT molecular complexity index is 1290. The van der Waals surface area contributed by atoms with Gasteiger partial charge in [0.15, 0.2) is 5.13 Å². The molecule has 1 saturated heterocycles. The molecular weight excluding hydrogens is 485 g/mol. The number of alkyl halides is 3. The van der Waals surface area contributed by atoms with Gasteiger partial charge in [0, 0.05) is 43.9 Å². The van der Waals surface area contributed by atoms with Gasteiger partial charge >= 0.3 is 6.18 Å². The third-order valence-corrected chi connectivity index (χ3v) is 7.16. The predicted octanol–water partition coefficient (Wildman–Crippen LogP) is 5.73. The van der Waals surface area contributed by atoms with Crippen molar-refractivity contribution in [2.75, 3.05) is 42.5 Å². The van der Waals surface area contributed by atoms with E-state index >= 15 is 0 Å². The number of hydrogen-bond donors (Lipinski definition) is 0. The summed E-state index contributed by atoms with van der Waals surface area (Å²) in [5, 5.41) is 1.55. The zero-order chi connectivity index (χ0) is 23.9. The SMILES string of the molecule is O=C(c1ccccc1N1C=C(C(F)(F)F)C=CC1)N1CCN(c2nc3ccc(Cl)cc3s2)CC1. The van der Waals surface area contributed by atoms with E-state index in [1.54, 1.807) is 40.5 Å². The number of aromatic nitrogens is 1. The molecule has 3 aromatic rings. The lowest BCUT2D eigenvalue weighted by Gasteiger charge is -2.35. The highest BCUT2D eigenvalue weighted by Crippen LogP contribution is 2.33. The van der Waals surface area contributed by atoms with Gasteiger partial charge in [0.25, 0.3) is 5.91 Å². The van der Waals surface area contributed by atoms with Crippen molar-refractivity contribution in [2.24, 2.45) is 0 Å². The van der Waals surface area contributed by atoms with E-state index < -0.39 is 11.7 Å². The molecule has 176 valence electrons. The molecule has 2 aliphatic rings. The molecule has 0 atom stereocenters. The van der Waals surface area contributed by atoms with E-state index in [4.69, 9.17) is 11.6 Å². The number of piperazine rings is 1. The summed E-state index contributed by atoms with van der Waals surface area (Å²) in [6.45, 7) is 2.48. The maximum Gasteiger partial charge on any atom is 0.417 e. The second kappa shape index (κ2) is 8.96. The second-order valence-corrected chi connectivity index (χ2v) is 9.49. The van der Waals surface area contributed by atoms with Crippen LogP contribution in [0.3, 0.4) is 0 Å². The number of para-hydroxylation sites is 1. The van der Waals surface area contributed by atoms with Crippen LogP contribution in [0.2, 0.25) is 5.02 Å². The molecule has 10 heteroatoms. The van der Waals surface area contributed by atoms with Gasteiger partial charge in [0.05, 0.1) is 27.0 Å². The molecule has 5 rings (SSSR count). The molecule has 0 N–H and O–H groups in total. The Labute approximate surface area is 203 Å². The molecular formula is C24H20ClF3N4OS. The van der Waals surface area contributed by atoms with E-state index in [1.165, 1.54) is 11.0 Å². The van der Waals surface area contributed by atoms with E-state index in [9.17, 15) is 18.0 Å². The Morgan fingerprint density at radius 1 is 1.06 bits per heavy atom. The summed E-state index contributed by atoms with van der Waals surface area (Å²) in [5.74, 6) is -0.192. The number of halogens is 4. The van der Waals surface area contributed by atoms with Crippen LogP contribution in [-0.4, -0.2) is 54.7 Å². The largest absolute Gasteiger partial charge is 0.417 e. The van der Waals surface area contributed by atoms with Crippen molar-refractivity contribution < 1.29 is 18.0 Å². The Balaban J connectivity index is 1.31. The fourth-order valence-electron chi connectivity index (χ4n) is 4.09. The first-order valence-corrected chi connectivity index (χ1v) is 11.9. The van der Waals surface area contributed by atoms with E-state index in [2.05, 4.69) is 9.88 Å². The first kappa shape index (κ1) is 22.7. The van der Waals surface area contributed by atoms with Crippen molar-refractivity contribution in [1.82, 2.24) is 9.88 Å². The molecule has 0 bridgehead atoms. The number of rotatable bonds is 3. The molecule has 0 aliphatic carbocycles. The molecule has 3 heterocycles. The first-order valence-electron chi connectivity index (χ1n) is 10.7. The van der Waals surface area contributed by atoms with Gasteiger partial charge in [-0.3, -0.25) is 4.79 Å². The number of benzene rings is 2. The number of anilines is 2. The molecule has 0 radical (unpaired) electrons. The van der Waals surface area contributed by atoms with Crippen molar-refractivity contribution in [3.05, 3.63) is 77.0 Å². The van der Waals surface area contributed by atoms with Crippen molar-refractivity contribution in [2.45, 2.75) is 6.18 Å². The smallest absolute Gasteiger partial charge is 0.345 e. The van der Waals surface area contributed by atoms with Crippen LogP contribution < -0.4 is 9.80 Å². The van der Waals surface area contributed by atoms with Crippen molar-refractivity contribution in [3.8, 4) is 0 Å². The Morgan fingerprint density at radius 3 is 2.59 bits per heavy atom. The number of allylic oxidation sites excluding steroid dienone is 2. The van der Waals surface area contributed by atoms with Crippen LogP contribution in [0.1, 0.15) is 10.4 Å². The lowest BCUT2D eigenvalue weighted by atomic mass is 10.1. The summed E-state index contributed by atoms with van der Waals surface area (Å²) in [5.41, 5.74) is 0.994. The lowest BCUT2D eigenvalue weighted by molar-refractivity contribution is -0.0885. The van der Waals surface area contributed by atoms with Crippen molar-refractivity contribution >= 4 is 49.9 Å². The Kier molecular flexibility index (Phi) is 5.99. The zero-order valence-electron chi connectivity index (χ0n) is 17.9. The first-order chi connectivity index (χ1) is 16.3. The average Bonchev–Trinajstić information content (AvgIpc) is 3.26. The van der Waals surface area contributed by atoms with Gasteiger partial charge in [-0.05, 0) is 30.3 Å². The van der Waals surface area contributed by atoms with Crippen LogP contribution in [-0.2, 0) is 0 Å². The summed E-state index contributed by atoms with van der Waals surface area (Å²) in [4.78, 5) is 23.4. The number of hydrogen-bond acceptors (Lipinski definition) is 5. The summed E-state index contributed by atoms with van der Waals surface area (Å²) in [6, 6.07) is 12.4.